The molecule has 2 rings (SSSR count). The van der Waals surface area contributed by atoms with E-state index in [0.717, 1.165) is 5.56 Å². The number of methoxy groups -OCH3 is 1. The van der Waals surface area contributed by atoms with E-state index in [9.17, 15) is 9.59 Å². The minimum absolute atomic E-state index is 0.191. The van der Waals surface area contributed by atoms with Crippen LogP contribution in [0.4, 0.5) is 0 Å². The number of nitrogens with zero attached hydrogens (tertiary/aromatic N) is 1. The zero-order valence-corrected chi connectivity index (χ0v) is 14.5. The maximum Gasteiger partial charge on any atom is 0.341 e. The molecule has 0 unspecified atom stereocenters. The Morgan fingerprint density at radius 3 is 2.75 bits per heavy atom. The standard InChI is InChI=1S/C18H18ClNO4/c1-12-16(18(22)23-3)10-15(24-12)11-20(2)17(21)8-7-13-5-4-6-14(19)9-13/h4-10H,11H2,1-3H3/b8-7+. The average Bonchev–Trinajstić information content (AvgIpc) is 2.92. The van der Waals surface area contributed by atoms with Crippen molar-refractivity contribution in [3.63, 3.8) is 0 Å². The number of amides is 1. The number of hydrogen-bond donors (Lipinski definition) is 0. The van der Waals surface area contributed by atoms with Crippen LogP contribution in [0.3, 0.4) is 0 Å². The number of carbonyl (C=O) groups excluding carboxylic acids is 2. The lowest BCUT2D eigenvalue weighted by molar-refractivity contribution is -0.125. The van der Waals surface area contributed by atoms with Crippen molar-refractivity contribution >= 4 is 29.6 Å². The monoisotopic (exact) mass is 347 g/mol. The van der Waals surface area contributed by atoms with Crippen LogP contribution in [0.25, 0.3) is 6.08 Å². The molecule has 0 N–H and O–H groups in total. The highest BCUT2D eigenvalue weighted by Crippen LogP contribution is 2.17. The van der Waals surface area contributed by atoms with Gasteiger partial charge in [0.05, 0.1) is 13.7 Å². The van der Waals surface area contributed by atoms with Crippen LogP contribution in [0.15, 0.2) is 40.8 Å². The number of rotatable bonds is 5. The number of aryl methyl sites for hydroxylation is 1. The SMILES string of the molecule is COC(=O)c1cc(CN(C)C(=O)/C=C/c2cccc(Cl)c2)oc1C. The van der Waals surface area contributed by atoms with Gasteiger partial charge in [0, 0.05) is 18.1 Å². The van der Waals surface area contributed by atoms with Gasteiger partial charge in [-0.3, -0.25) is 4.79 Å². The summed E-state index contributed by atoms with van der Waals surface area (Å²) < 4.78 is 10.2. The fraction of sp³-hybridized carbons (Fsp3) is 0.222. The summed E-state index contributed by atoms with van der Waals surface area (Å²) in [6, 6.07) is 8.80. The summed E-state index contributed by atoms with van der Waals surface area (Å²) >= 11 is 5.91. The molecule has 0 aliphatic heterocycles. The summed E-state index contributed by atoms with van der Waals surface area (Å²) in [5.41, 5.74) is 1.20. The fourth-order valence-corrected chi connectivity index (χ4v) is 2.35. The summed E-state index contributed by atoms with van der Waals surface area (Å²) in [7, 11) is 2.96. The number of carbonyl (C=O) groups is 2. The molecule has 0 radical (unpaired) electrons. The Hall–Kier alpha value is -2.53. The molecule has 1 aromatic heterocycles. The highest BCUT2D eigenvalue weighted by molar-refractivity contribution is 6.30. The van der Waals surface area contributed by atoms with Crippen molar-refractivity contribution in [1.82, 2.24) is 4.90 Å². The van der Waals surface area contributed by atoms with Gasteiger partial charge in [0.2, 0.25) is 5.91 Å². The van der Waals surface area contributed by atoms with Gasteiger partial charge in [-0.1, -0.05) is 23.7 Å². The van der Waals surface area contributed by atoms with Crippen molar-refractivity contribution in [2.75, 3.05) is 14.2 Å². The molecule has 2 aromatic rings. The number of furan rings is 1. The maximum absolute atomic E-state index is 12.2. The van der Waals surface area contributed by atoms with Crippen molar-refractivity contribution in [1.29, 1.82) is 0 Å². The van der Waals surface area contributed by atoms with Crippen molar-refractivity contribution in [2.45, 2.75) is 13.5 Å². The summed E-state index contributed by atoms with van der Waals surface area (Å²) in [6.07, 6.45) is 3.15. The second kappa shape index (κ2) is 7.84. The van der Waals surface area contributed by atoms with E-state index >= 15 is 0 Å². The van der Waals surface area contributed by atoms with Gasteiger partial charge in [-0.15, -0.1) is 0 Å². The molecule has 0 aliphatic carbocycles. The summed E-state index contributed by atoms with van der Waals surface area (Å²) in [6.45, 7) is 1.92. The Morgan fingerprint density at radius 1 is 1.33 bits per heavy atom. The molecular formula is C18H18ClNO4. The van der Waals surface area contributed by atoms with E-state index < -0.39 is 5.97 Å². The van der Waals surface area contributed by atoms with Crippen LogP contribution >= 0.6 is 11.6 Å². The quantitative estimate of drug-likeness (QED) is 0.611. The van der Waals surface area contributed by atoms with Crippen LogP contribution in [0.5, 0.6) is 0 Å². The number of likely N-dealkylation sites (N-methyl/N-ethyl adjacent to an activating group) is 1. The van der Waals surface area contributed by atoms with Gasteiger partial charge in [0.15, 0.2) is 0 Å². The predicted octanol–water partition coefficient (Wildman–Crippen LogP) is 3.70. The van der Waals surface area contributed by atoms with Crippen molar-refractivity contribution in [2.24, 2.45) is 0 Å². The molecule has 1 heterocycles. The van der Waals surface area contributed by atoms with Gasteiger partial charge in [-0.25, -0.2) is 4.79 Å². The maximum atomic E-state index is 12.2. The van der Waals surface area contributed by atoms with E-state index in [2.05, 4.69) is 4.74 Å². The molecule has 0 atom stereocenters. The number of hydrogen-bond acceptors (Lipinski definition) is 4. The van der Waals surface area contributed by atoms with Crippen LogP contribution in [0.2, 0.25) is 5.02 Å². The Kier molecular flexibility index (Phi) is 5.82. The molecule has 126 valence electrons. The van der Waals surface area contributed by atoms with Crippen molar-refractivity contribution < 1.29 is 18.7 Å². The van der Waals surface area contributed by atoms with E-state index in [0.29, 0.717) is 22.1 Å². The molecule has 0 saturated carbocycles. The lowest BCUT2D eigenvalue weighted by Gasteiger charge is -2.13. The second-order valence-electron chi connectivity index (χ2n) is 5.26. The molecule has 0 bridgehead atoms. The third-order valence-electron chi connectivity index (χ3n) is 3.41. The Morgan fingerprint density at radius 2 is 2.08 bits per heavy atom. The fourth-order valence-electron chi connectivity index (χ4n) is 2.15. The minimum Gasteiger partial charge on any atom is -0.465 e. The summed E-state index contributed by atoms with van der Waals surface area (Å²) in [5.74, 6) is 0.327. The Bertz CT molecular complexity index is 779. The molecule has 5 nitrogen and oxygen atoms in total. The molecule has 24 heavy (non-hydrogen) atoms. The van der Waals surface area contributed by atoms with Gasteiger partial charge in [-0.05, 0) is 36.8 Å². The van der Waals surface area contributed by atoms with Gasteiger partial charge < -0.3 is 14.1 Å². The van der Waals surface area contributed by atoms with E-state index in [-0.39, 0.29) is 12.5 Å². The molecule has 0 spiro atoms. The molecule has 0 aliphatic rings. The van der Waals surface area contributed by atoms with Crippen LogP contribution < -0.4 is 0 Å². The third kappa shape index (κ3) is 4.49. The van der Waals surface area contributed by atoms with Gasteiger partial charge in [0.1, 0.15) is 17.1 Å². The van der Waals surface area contributed by atoms with E-state index in [1.165, 1.54) is 18.1 Å². The average molecular weight is 348 g/mol. The van der Waals surface area contributed by atoms with E-state index in [4.69, 9.17) is 16.0 Å². The number of halogens is 1. The van der Waals surface area contributed by atoms with Gasteiger partial charge >= 0.3 is 5.97 Å². The molecule has 0 saturated heterocycles. The van der Waals surface area contributed by atoms with Crippen LogP contribution in [-0.4, -0.2) is 30.9 Å². The van der Waals surface area contributed by atoms with Gasteiger partial charge in [-0.2, -0.15) is 0 Å². The third-order valence-corrected chi connectivity index (χ3v) is 3.65. The Balaban J connectivity index is 2.02. The highest BCUT2D eigenvalue weighted by atomic mass is 35.5. The first-order chi connectivity index (χ1) is 11.4. The number of benzene rings is 1. The molecule has 0 fully saturated rings. The lowest BCUT2D eigenvalue weighted by Crippen LogP contribution is -2.23. The van der Waals surface area contributed by atoms with Gasteiger partial charge in [0.25, 0.3) is 0 Å². The predicted molar refractivity (Wildman–Crippen MR) is 91.7 cm³/mol. The first-order valence-electron chi connectivity index (χ1n) is 7.27. The van der Waals surface area contributed by atoms with Crippen molar-refractivity contribution in [3.05, 3.63) is 64.1 Å². The Labute approximate surface area is 145 Å². The zero-order chi connectivity index (χ0) is 17.7. The van der Waals surface area contributed by atoms with Crippen LogP contribution in [0, 0.1) is 6.92 Å². The second-order valence-corrected chi connectivity index (χ2v) is 5.69. The summed E-state index contributed by atoms with van der Waals surface area (Å²) in [4.78, 5) is 25.2. The first kappa shape index (κ1) is 17.8. The topological polar surface area (TPSA) is 59.8 Å². The zero-order valence-electron chi connectivity index (χ0n) is 13.7. The minimum atomic E-state index is -0.461. The number of ether oxygens (including phenoxy) is 1. The normalized spacial score (nSPS) is 10.8. The van der Waals surface area contributed by atoms with E-state index in [1.807, 2.05) is 12.1 Å². The van der Waals surface area contributed by atoms with Crippen LogP contribution in [0.1, 0.15) is 27.4 Å². The lowest BCUT2D eigenvalue weighted by atomic mass is 10.2. The molecule has 6 heteroatoms. The molecule has 1 amide bonds. The molecular weight excluding hydrogens is 330 g/mol. The van der Waals surface area contributed by atoms with Crippen molar-refractivity contribution in [3.8, 4) is 0 Å². The molecule has 1 aromatic carbocycles. The van der Waals surface area contributed by atoms with E-state index in [1.54, 1.807) is 38.2 Å². The summed E-state index contributed by atoms with van der Waals surface area (Å²) in [5, 5.41) is 0.611. The number of esters is 1. The van der Waals surface area contributed by atoms with Crippen LogP contribution in [-0.2, 0) is 16.1 Å². The highest BCUT2D eigenvalue weighted by Gasteiger charge is 2.17. The largest absolute Gasteiger partial charge is 0.465 e. The first-order valence-corrected chi connectivity index (χ1v) is 7.65. The smallest absolute Gasteiger partial charge is 0.341 e.